The van der Waals surface area contributed by atoms with Gasteiger partial charge in [0.25, 0.3) is 0 Å². The first-order valence-corrected chi connectivity index (χ1v) is 5.79. The number of aromatic nitrogens is 1. The Bertz CT molecular complexity index is 523. The van der Waals surface area contributed by atoms with Gasteiger partial charge in [0.1, 0.15) is 0 Å². The van der Waals surface area contributed by atoms with Gasteiger partial charge in [-0.3, -0.25) is 4.98 Å². The number of methoxy groups -OCH3 is 2. The molecule has 3 heteroatoms. The topological polar surface area (TPSA) is 31.4 Å². The molecule has 0 unspecified atom stereocenters. The molecule has 0 aliphatic rings. The Kier molecular flexibility index (Phi) is 3.47. The van der Waals surface area contributed by atoms with Crippen molar-refractivity contribution >= 4 is 10.8 Å². The van der Waals surface area contributed by atoms with Crippen LogP contribution in [0.25, 0.3) is 10.8 Å². The summed E-state index contributed by atoms with van der Waals surface area (Å²) in [6, 6.07) is 6.06. The van der Waals surface area contributed by atoms with Gasteiger partial charge in [-0.15, -0.1) is 0 Å². The van der Waals surface area contributed by atoms with Crippen molar-refractivity contribution in [2.45, 2.75) is 19.8 Å². The third kappa shape index (κ3) is 2.33. The molecular weight excluding hydrogens is 214 g/mol. The third-order valence-electron chi connectivity index (χ3n) is 2.79. The maximum Gasteiger partial charge on any atom is 0.161 e. The van der Waals surface area contributed by atoms with E-state index in [0.29, 0.717) is 0 Å². The van der Waals surface area contributed by atoms with Crippen LogP contribution >= 0.6 is 0 Å². The van der Waals surface area contributed by atoms with E-state index >= 15 is 0 Å². The molecule has 17 heavy (non-hydrogen) atoms. The highest BCUT2D eigenvalue weighted by atomic mass is 16.5. The lowest BCUT2D eigenvalue weighted by Gasteiger charge is -2.09. The van der Waals surface area contributed by atoms with Crippen molar-refractivity contribution in [1.82, 2.24) is 4.98 Å². The first kappa shape index (κ1) is 11.7. The molecule has 90 valence electrons. The summed E-state index contributed by atoms with van der Waals surface area (Å²) in [5, 5.41) is 2.21. The summed E-state index contributed by atoms with van der Waals surface area (Å²) in [6.45, 7) is 2.15. The van der Waals surface area contributed by atoms with Crippen LogP contribution in [0.1, 0.15) is 19.0 Å². The lowest BCUT2D eigenvalue weighted by Crippen LogP contribution is -1.93. The van der Waals surface area contributed by atoms with Gasteiger partial charge in [-0.1, -0.05) is 13.3 Å². The fraction of sp³-hybridized carbons (Fsp3) is 0.357. The van der Waals surface area contributed by atoms with Gasteiger partial charge >= 0.3 is 0 Å². The molecule has 2 aromatic rings. The lowest BCUT2D eigenvalue weighted by atomic mass is 10.1. The second kappa shape index (κ2) is 5.04. The van der Waals surface area contributed by atoms with E-state index in [-0.39, 0.29) is 0 Å². The molecule has 1 heterocycles. The summed E-state index contributed by atoms with van der Waals surface area (Å²) >= 11 is 0. The molecule has 0 spiro atoms. The predicted molar refractivity (Wildman–Crippen MR) is 68.8 cm³/mol. The molecule has 0 saturated carbocycles. The van der Waals surface area contributed by atoms with Gasteiger partial charge in [0.05, 0.1) is 14.2 Å². The number of pyridine rings is 1. The second-order valence-electron chi connectivity index (χ2n) is 3.98. The number of benzene rings is 1. The van der Waals surface area contributed by atoms with Crippen molar-refractivity contribution in [2.75, 3.05) is 14.2 Å². The smallest absolute Gasteiger partial charge is 0.161 e. The number of ether oxygens (including phenoxy) is 2. The molecule has 2 rings (SSSR count). The highest BCUT2D eigenvalue weighted by Crippen LogP contribution is 2.32. The van der Waals surface area contributed by atoms with Crippen LogP contribution in [0, 0.1) is 0 Å². The molecule has 0 N–H and O–H groups in total. The van der Waals surface area contributed by atoms with Gasteiger partial charge < -0.3 is 9.47 Å². The Balaban J connectivity index is 2.54. The second-order valence-corrected chi connectivity index (χ2v) is 3.98. The van der Waals surface area contributed by atoms with E-state index < -0.39 is 0 Å². The first-order chi connectivity index (χ1) is 8.28. The van der Waals surface area contributed by atoms with E-state index in [2.05, 4.69) is 18.0 Å². The minimum Gasteiger partial charge on any atom is -0.493 e. The molecule has 0 aliphatic carbocycles. The van der Waals surface area contributed by atoms with Gasteiger partial charge in [-0.2, -0.15) is 0 Å². The van der Waals surface area contributed by atoms with Crippen molar-refractivity contribution in [3.8, 4) is 11.5 Å². The van der Waals surface area contributed by atoms with Crippen molar-refractivity contribution < 1.29 is 9.47 Å². The molecule has 0 aliphatic heterocycles. The Morgan fingerprint density at radius 3 is 2.24 bits per heavy atom. The highest BCUT2D eigenvalue weighted by molar-refractivity contribution is 5.85. The summed E-state index contributed by atoms with van der Waals surface area (Å²) in [5.74, 6) is 1.50. The third-order valence-corrected chi connectivity index (χ3v) is 2.79. The Hall–Kier alpha value is -1.77. The summed E-state index contributed by atoms with van der Waals surface area (Å²) in [7, 11) is 3.29. The molecule has 0 amide bonds. The molecule has 3 nitrogen and oxygen atoms in total. The van der Waals surface area contributed by atoms with E-state index in [1.165, 1.54) is 0 Å². The van der Waals surface area contributed by atoms with Crippen molar-refractivity contribution in [3.05, 3.63) is 30.1 Å². The summed E-state index contributed by atoms with van der Waals surface area (Å²) in [6.07, 6.45) is 4.00. The molecule has 0 radical (unpaired) electrons. The van der Waals surface area contributed by atoms with Gasteiger partial charge in [0, 0.05) is 17.3 Å². The zero-order valence-electron chi connectivity index (χ0n) is 10.5. The van der Waals surface area contributed by atoms with Crippen LogP contribution < -0.4 is 9.47 Å². The fourth-order valence-electron chi connectivity index (χ4n) is 1.91. The number of fused-ring (bicyclic) bond motifs is 1. The number of hydrogen-bond acceptors (Lipinski definition) is 3. The van der Waals surface area contributed by atoms with Crippen molar-refractivity contribution in [2.24, 2.45) is 0 Å². The Morgan fingerprint density at radius 1 is 1.00 bits per heavy atom. The quantitative estimate of drug-likeness (QED) is 0.809. The van der Waals surface area contributed by atoms with Crippen LogP contribution in [-0.2, 0) is 6.42 Å². The number of aryl methyl sites for hydroxylation is 1. The zero-order chi connectivity index (χ0) is 12.3. The van der Waals surface area contributed by atoms with Gasteiger partial charge in [-0.05, 0) is 30.0 Å². The van der Waals surface area contributed by atoms with Gasteiger partial charge in [0.2, 0.25) is 0 Å². The molecule has 0 bridgehead atoms. The molecule has 1 aromatic heterocycles. The summed E-state index contributed by atoms with van der Waals surface area (Å²) in [4.78, 5) is 4.43. The maximum absolute atomic E-state index is 5.30. The Labute approximate surface area is 101 Å². The van der Waals surface area contributed by atoms with E-state index in [1.807, 2.05) is 18.3 Å². The number of hydrogen-bond donors (Lipinski definition) is 0. The SMILES string of the molecule is CCCc1cc2cc(OC)c(OC)cc2cn1. The normalized spacial score (nSPS) is 10.5. The van der Waals surface area contributed by atoms with Crippen LogP contribution in [0.2, 0.25) is 0 Å². The maximum atomic E-state index is 5.30. The fourth-order valence-corrected chi connectivity index (χ4v) is 1.91. The van der Waals surface area contributed by atoms with Crippen LogP contribution in [0.3, 0.4) is 0 Å². The summed E-state index contributed by atoms with van der Waals surface area (Å²) < 4.78 is 10.6. The highest BCUT2D eigenvalue weighted by Gasteiger charge is 2.06. The van der Waals surface area contributed by atoms with Crippen LogP contribution in [-0.4, -0.2) is 19.2 Å². The average molecular weight is 231 g/mol. The number of nitrogens with zero attached hydrogens (tertiary/aromatic N) is 1. The van der Waals surface area contributed by atoms with E-state index in [9.17, 15) is 0 Å². The summed E-state index contributed by atoms with van der Waals surface area (Å²) in [5.41, 5.74) is 1.12. The largest absolute Gasteiger partial charge is 0.493 e. The minimum atomic E-state index is 0.741. The minimum absolute atomic E-state index is 0.741. The molecule has 0 atom stereocenters. The lowest BCUT2D eigenvalue weighted by molar-refractivity contribution is 0.356. The average Bonchev–Trinajstić information content (AvgIpc) is 2.37. The standard InChI is InChI=1S/C14H17NO2/c1-4-5-12-6-10-7-13(16-2)14(17-3)8-11(10)9-15-12/h6-9H,4-5H2,1-3H3. The zero-order valence-corrected chi connectivity index (χ0v) is 10.5. The van der Waals surface area contributed by atoms with E-state index in [4.69, 9.17) is 9.47 Å². The predicted octanol–water partition coefficient (Wildman–Crippen LogP) is 3.20. The van der Waals surface area contributed by atoms with E-state index in [0.717, 1.165) is 40.8 Å². The van der Waals surface area contributed by atoms with Crippen LogP contribution in [0.5, 0.6) is 11.5 Å². The van der Waals surface area contributed by atoms with E-state index in [1.54, 1.807) is 14.2 Å². The van der Waals surface area contributed by atoms with Crippen LogP contribution in [0.15, 0.2) is 24.4 Å². The molecule has 0 fully saturated rings. The molecule has 0 saturated heterocycles. The van der Waals surface area contributed by atoms with Crippen molar-refractivity contribution in [1.29, 1.82) is 0 Å². The monoisotopic (exact) mass is 231 g/mol. The van der Waals surface area contributed by atoms with Crippen molar-refractivity contribution in [3.63, 3.8) is 0 Å². The van der Waals surface area contributed by atoms with Gasteiger partial charge in [0.15, 0.2) is 11.5 Å². The van der Waals surface area contributed by atoms with Crippen LogP contribution in [0.4, 0.5) is 0 Å². The first-order valence-electron chi connectivity index (χ1n) is 5.79. The Morgan fingerprint density at radius 2 is 1.65 bits per heavy atom. The number of rotatable bonds is 4. The molecule has 1 aromatic carbocycles. The molecular formula is C14H17NO2. The van der Waals surface area contributed by atoms with Gasteiger partial charge in [-0.25, -0.2) is 0 Å².